The fourth-order valence-corrected chi connectivity index (χ4v) is 9.22. The van der Waals surface area contributed by atoms with Crippen LogP contribution < -0.4 is 19.3 Å². The fraction of sp³-hybridized carbons (Fsp3) is 0.395. The van der Waals surface area contributed by atoms with Crippen molar-refractivity contribution in [2.45, 2.75) is 43.4 Å². The van der Waals surface area contributed by atoms with E-state index in [-0.39, 0.29) is 39.9 Å². The fourth-order valence-electron chi connectivity index (χ4n) is 7.50. The second-order valence-electron chi connectivity index (χ2n) is 13.3. The van der Waals surface area contributed by atoms with E-state index in [2.05, 4.69) is 4.90 Å². The molecule has 3 fully saturated rings. The lowest BCUT2D eigenvalue weighted by atomic mass is 9.84. The summed E-state index contributed by atoms with van der Waals surface area (Å²) in [5.74, 6) is -1.38. The number of carbonyl (C=O) groups is 2. The Balaban J connectivity index is 1.40. The first-order valence-corrected chi connectivity index (χ1v) is 18.5. The van der Waals surface area contributed by atoms with Gasteiger partial charge in [0, 0.05) is 34.2 Å². The number of pyridine rings is 1. The van der Waals surface area contributed by atoms with Gasteiger partial charge in [0.2, 0.25) is 12.4 Å². The zero-order valence-electron chi connectivity index (χ0n) is 29.1. The summed E-state index contributed by atoms with van der Waals surface area (Å²) in [6, 6.07) is 16.1. The topological polar surface area (TPSA) is 136 Å². The van der Waals surface area contributed by atoms with Crippen LogP contribution in [-0.4, -0.2) is 85.7 Å². The zero-order chi connectivity index (χ0) is 37.2. The van der Waals surface area contributed by atoms with Gasteiger partial charge in [-0.2, -0.15) is 0 Å². The number of carbonyl (C=O) groups excluding carboxylic acids is 2. The van der Waals surface area contributed by atoms with Gasteiger partial charge in [0.1, 0.15) is 16.1 Å². The van der Waals surface area contributed by atoms with E-state index < -0.39 is 30.0 Å². The highest BCUT2D eigenvalue weighted by molar-refractivity contribution is 7.14. The summed E-state index contributed by atoms with van der Waals surface area (Å²) in [7, 11) is 4.75. The van der Waals surface area contributed by atoms with Gasteiger partial charge in [-0.1, -0.05) is 59.6 Å². The van der Waals surface area contributed by atoms with Crippen molar-refractivity contribution in [3.8, 4) is 11.5 Å². The van der Waals surface area contributed by atoms with Crippen LogP contribution in [0.2, 0.25) is 10.0 Å². The average Bonchev–Trinajstić information content (AvgIpc) is 3.56. The van der Waals surface area contributed by atoms with Crippen LogP contribution in [0.1, 0.15) is 55.6 Å². The molecule has 0 amide bonds. The number of nitrogens with zero attached hydrogens (tertiary/aromatic N) is 3. The molecule has 276 valence electrons. The lowest BCUT2D eigenvalue weighted by Crippen LogP contribution is -2.57. The number of benzene rings is 2. The number of esters is 1. The molecule has 2 N–H and O–H groups in total. The monoisotopic (exact) mass is 769 g/mol. The van der Waals surface area contributed by atoms with E-state index in [0.29, 0.717) is 45.2 Å². The summed E-state index contributed by atoms with van der Waals surface area (Å²) in [6.45, 7) is 2.15. The minimum Gasteiger partial charge on any atom is -0.544 e. The van der Waals surface area contributed by atoms with Crippen LogP contribution in [0.4, 0.5) is 0 Å². The summed E-state index contributed by atoms with van der Waals surface area (Å²) < 4.78 is 18.0. The minimum absolute atomic E-state index is 0.0206. The third-order valence-corrected chi connectivity index (χ3v) is 12.1. The molecule has 3 atom stereocenters. The Kier molecular flexibility index (Phi) is 11.6. The van der Waals surface area contributed by atoms with Crippen LogP contribution in [0.25, 0.3) is 0 Å². The van der Waals surface area contributed by atoms with E-state index in [9.17, 15) is 25.0 Å². The number of fused-ring (bicyclic) bond motifs is 3. The number of methoxy groups -OCH3 is 2. The van der Waals surface area contributed by atoms with Crippen molar-refractivity contribution >= 4 is 46.5 Å². The van der Waals surface area contributed by atoms with E-state index in [0.717, 1.165) is 42.0 Å². The molecule has 52 heavy (non-hydrogen) atoms. The molecule has 14 heteroatoms. The summed E-state index contributed by atoms with van der Waals surface area (Å²) >= 11 is 14.2. The maximum Gasteiger partial charge on any atom is 0.333 e. The molecule has 1 unspecified atom stereocenters. The Bertz CT molecular complexity index is 1900. The average molecular weight is 771 g/mol. The van der Waals surface area contributed by atoms with Crippen LogP contribution in [0, 0.1) is 5.92 Å². The lowest BCUT2D eigenvalue weighted by Gasteiger charge is -2.46. The van der Waals surface area contributed by atoms with Crippen molar-refractivity contribution in [3.63, 3.8) is 0 Å². The number of piperidine rings is 3. The molecule has 5 heterocycles. The molecule has 0 spiro atoms. The Hall–Kier alpha value is -3.91. The molecule has 0 saturated carbocycles. The van der Waals surface area contributed by atoms with Gasteiger partial charge in [-0.3, -0.25) is 15.0 Å². The van der Waals surface area contributed by atoms with E-state index >= 15 is 0 Å². The standard InChI is InChI=1S/C38H41Cl2N3O8S/c1-41(38(22-44,25-7-5-4-6-8-25)37(47)51-34-21-42-13-11-23(34)12-14-42)18-26-16-28(35(52-26)36(45)46)27(17-29-30(39)19-43(48)20-31(29)40)24-9-10-32(49-2)33(15-24)50-3/h4-10,15-16,19-20,23,27,34,44H,11-14,17-18,21-22H2,1-3H3,(H-,45,46,48)/t27-,34-,38?/m0/s1. The number of likely N-dealkylation sites (N-methyl/N-ethyl adjacent to an activating group) is 1. The number of aliphatic hydroxyl groups excluding tert-OH is 1. The number of hydrogen-bond donors (Lipinski definition) is 2. The van der Waals surface area contributed by atoms with Crippen LogP contribution in [0.15, 0.2) is 67.0 Å². The molecule has 2 bridgehead atoms. The van der Waals surface area contributed by atoms with Crippen molar-refractivity contribution < 1.29 is 44.0 Å². The number of halogens is 2. The van der Waals surface area contributed by atoms with Gasteiger partial charge in [-0.15, -0.1) is 11.3 Å². The maximum atomic E-state index is 14.3. The SMILES string of the molecule is COc1ccc([C@H](Cc2c(Cl)c[n+](O)cc2Cl)c2cc(CN(C)C(CO)(C(=O)O[C@H]3CN4CCC3CC4)c3ccccc3)sc2C(=O)[O-])cc1OC. The number of carboxylic acid groups (broad SMARTS) is 1. The summed E-state index contributed by atoms with van der Waals surface area (Å²) in [5, 5.41) is 34.3. The third-order valence-electron chi connectivity index (χ3n) is 10.4. The molecule has 2 aromatic heterocycles. The predicted molar refractivity (Wildman–Crippen MR) is 193 cm³/mol. The molecular weight excluding hydrogens is 729 g/mol. The molecule has 0 radical (unpaired) electrons. The Labute approximate surface area is 316 Å². The first kappa shape index (κ1) is 37.8. The highest BCUT2D eigenvalue weighted by atomic mass is 35.5. The zero-order valence-corrected chi connectivity index (χ0v) is 31.4. The van der Waals surface area contributed by atoms with Gasteiger partial charge in [0.25, 0.3) is 0 Å². The third kappa shape index (κ3) is 7.46. The first-order chi connectivity index (χ1) is 25.0. The lowest BCUT2D eigenvalue weighted by molar-refractivity contribution is -0.904. The molecule has 4 aromatic rings. The molecule has 11 nitrogen and oxygen atoms in total. The minimum atomic E-state index is -1.58. The van der Waals surface area contributed by atoms with E-state index in [4.69, 9.17) is 37.4 Å². The van der Waals surface area contributed by atoms with E-state index in [1.54, 1.807) is 54.4 Å². The van der Waals surface area contributed by atoms with Crippen molar-refractivity contribution in [1.29, 1.82) is 0 Å². The molecule has 0 aliphatic carbocycles. The molecule has 3 aliphatic rings. The van der Waals surface area contributed by atoms with Gasteiger partial charge in [-0.25, -0.2) is 4.79 Å². The maximum absolute atomic E-state index is 14.3. The normalized spacial score (nSPS) is 19.9. The number of aromatic carboxylic acids is 1. The predicted octanol–water partition coefficient (Wildman–Crippen LogP) is 4.29. The second kappa shape index (κ2) is 16.0. The van der Waals surface area contributed by atoms with Gasteiger partial charge < -0.3 is 29.2 Å². The quantitative estimate of drug-likeness (QED) is 0.109. The van der Waals surface area contributed by atoms with Gasteiger partial charge in [0.05, 0.1) is 31.7 Å². The Morgan fingerprint density at radius 1 is 1.06 bits per heavy atom. The smallest absolute Gasteiger partial charge is 0.333 e. The van der Waals surface area contributed by atoms with Crippen LogP contribution in [-0.2, 0) is 28.0 Å². The molecule has 3 aliphatic heterocycles. The molecule has 2 aromatic carbocycles. The second-order valence-corrected chi connectivity index (χ2v) is 15.2. The number of hydrogen-bond acceptors (Lipinski definition) is 11. The van der Waals surface area contributed by atoms with E-state index in [1.165, 1.54) is 26.6 Å². The molecule has 7 rings (SSSR count). The van der Waals surface area contributed by atoms with Gasteiger partial charge >= 0.3 is 5.97 Å². The number of thiophene rings is 1. The van der Waals surface area contributed by atoms with Crippen molar-refractivity contribution in [3.05, 3.63) is 109 Å². The Morgan fingerprint density at radius 2 is 1.73 bits per heavy atom. The van der Waals surface area contributed by atoms with Gasteiger partial charge in [-0.05, 0) is 80.2 Å². The first-order valence-electron chi connectivity index (χ1n) is 16.9. The number of rotatable bonds is 14. The number of aliphatic hydroxyl groups is 1. The van der Waals surface area contributed by atoms with Crippen molar-refractivity contribution in [1.82, 2.24) is 9.80 Å². The largest absolute Gasteiger partial charge is 0.544 e. The van der Waals surface area contributed by atoms with Crippen LogP contribution in [0.3, 0.4) is 0 Å². The highest BCUT2D eigenvalue weighted by Gasteiger charge is 2.48. The summed E-state index contributed by atoms with van der Waals surface area (Å²) in [6.07, 6.45) is 4.38. The molecule has 3 saturated heterocycles. The number of aromatic nitrogens is 1. The number of carboxylic acids is 1. The Morgan fingerprint density at radius 3 is 2.31 bits per heavy atom. The van der Waals surface area contributed by atoms with Crippen LogP contribution >= 0.6 is 34.5 Å². The summed E-state index contributed by atoms with van der Waals surface area (Å²) in [5.41, 5.74) is 0.577. The van der Waals surface area contributed by atoms with Crippen molar-refractivity contribution in [2.24, 2.45) is 5.92 Å². The van der Waals surface area contributed by atoms with Gasteiger partial charge in [0.15, 0.2) is 17.0 Å². The van der Waals surface area contributed by atoms with E-state index in [1.807, 2.05) is 12.1 Å². The highest BCUT2D eigenvalue weighted by Crippen LogP contribution is 2.42. The summed E-state index contributed by atoms with van der Waals surface area (Å²) in [4.78, 5) is 31.8. The number of ether oxygens (including phenoxy) is 3. The van der Waals surface area contributed by atoms with Crippen LogP contribution in [0.5, 0.6) is 11.5 Å². The van der Waals surface area contributed by atoms with Crippen molar-refractivity contribution in [2.75, 3.05) is 47.5 Å². The molecular formula is C38H41Cl2N3O8S.